The number of thiocarbonyl (C=S) groups is 2. The van der Waals surface area contributed by atoms with Crippen molar-refractivity contribution >= 4 is 56.2 Å². The van der Waals surface area contributed by atoms with E-state index in [0.29, 0.717) is 11.9 Å². The van der Waals surface area contributed by atoms with Gasteiger partial charge in [0.1, 0.15) is 0 Å². The molecule has 134 valence electrons. The van der Waals surface area contributed by atoms with Gasteiger partial charge < -0.3 is 5.73 Å². The van der Waals surface area contributed by atoms with E-state index in [-0.39, 0.29) is 18.9 Å². The molecule has 0 fully saturated rings. The van der Waals surface area contributed by atoms with Gasteiger partial charge in [-0.05, 0) is 30.0 Å². The number of Topliss-reactive ketones (excluding diaryl/α,β-unsaturated/α-hetero) is 1. The molecule has 0 atom stereocenters. The van der Waals surface area contributed by atoms with E-state index in [0.717, 1.165) is 11.1 Å². The number of carbonyl (C=O) groups excluding carboxylic acids is 1. The third-order valence-corrected chi connectivity index (χ3v) is 3.11. The van der Waals surface area contributed by atoms with Crippen LogP contribution in [0.25, 0.3) is 0 Å². The zero-order valence-corrected chi connectivity index (χ0v) is 15.8. The Hall–Kier alpha value is -1.83. The SMILES string of the molecule is C.NCc1ccc([N+](=O)[O-])cc1.O=C(CBr)c1ccccc1.S=C=S. The number of benzene rings is 2. The normalized spacial score (nSPS) is 8.24. The maximum absolute atomic E-state index is 11.0. The van der Waals surface area contributed by atoms with Crippen LogP contribution in [0.4, 0.5) is 5.69 Å². The van der Waals surface area contributed by atoms with Gasteiger partial charge >= 0.3 is 0 Å². The first-order valence-electron chi connectivity index (χ1n) is 6.57. The molecule has 0 bridgehead atoms. The third-order valence-electron chi connectivity index (χ3n) is 2.60. The van der Waals surface area contributed by atoms with E-state index in [2.05, 4.69) is 40.4 Å². The predicted octanol–water partition coefficient (Wildman–Crippen LogP) is 4.97. The average molecular weight is 443 g/mol. The largest absolute Gasteiger partial charge is 0.326 e. The maximum atomic E-state index is 11.0. The molecule has 0 amide bonds. The number of nitro groups is 1. The van der Waals surface area contributed by atoms with Gasteiger partial charge in [0.2, 0.25) is 0 Å². The Balaban J connectivity index is 0. The minimum atomic E-state index is -0.430. The third kappa shape index (κ3) is 11.4. The van der Waals surface area contributed by atoms with Crippen molar-refractivity contribution in [2.45, 2.75) is 14.0 Å². The number of nitrogens with two attached hydrogens (primary N) is 1. The highest BCUT2D eigenvalue weighted by Gasteiger charge is 2.02. The lowest BCUT2D eigenvalue weighted by Crippen LogP contribution is -1.98. The van der Waals surface area contributed by atoms with Crippen molar-refractivity contribution < 1.29 is 9.72 Å². The minimum Gasteiger partial charge on any atom is -0.326 e. The Labute approximate surface area is 166 Å². The molecule has 0 aromatic heterocycles. The monoisotopic (exact) mass is 442 g/mol. The Morgan fingerprint density at radius 1 is 1.12 bits per heavy atom. The zero-order chi connectivity index (χ0) is 18.4. The molecule has 0 aliphatic heterocycles. The number of hydrogen-bond donors (Lipinski definition) is 1. The minimum absolute atomic E-state index is 0. The lowest BCUT2D eigenvalue weighted by molar-refractivity contribution is -0.384. The molecular weight excluding hydrogens is 424 g/mol. The van der Waals surface area contributed by atoms with Crippen LogP contribution in [0.2, 0.25) is 0 Å². The lowest BCUT2D eigenvalue weighted by atomic mass is 10.2. The number of halogens is 1. The van der Waals surface area contributed by atoms with Crippen LogP contribution >= 0.6 is 40.4 Å². The first kappa shape index (κ1) is 25.4. The Morgan fingerprint density at radius 3 is 1.96 bits per heavy atom. The highest BCUT2D eigenvalue weighted by molar-refractivity contribution is 9.09. The molecule has 2 N–H and O–H groups in total. The lowest BCUT2D eigenvalue weighted by Gasteiger charge is -1.93. The van der Waals surface area contributed by atoms with Crippen LogP contribution < -0.4 is 5.73 Å². The summed E-state index contributed by atoms with van der Waals surface area (Å²) >= 11 is 11.0. The first-order chi connectivity index (χ1) is 11.5. The molecule has 8 heteroatoms. The van der Waals surface area contributed by atoms with Crippen molar-refractivity contribution in [1.29, 1.82) is 0 Å². The molecule has 5 nitrogen and oxygen atoms in total. The van der Waals surface area contributed by atoms with Crippen LogP contribution in [0.1, 0.15) is 23.3 Å². The fraction of sp³-hybridized carbons (Fsp3) is 0.176. The van der Waals surface area contributed by atoms with Crippen molar-refractivity contribution in [2.24, 2.45) is 5.73 Å². The second-order valence-corrected chi connectivity index (χ2v) is 5.36. The summed E-state index contributed by atoms with van der Waals surface area (Å²) in [5.74, 6) is 0.126. The summed E-state index contributed by atoms with van der Waals surface area (Å²) in [6.07, 6.45) is 0. The number of hydrogen-bond acceptors (Lipinski definition) is 6. The van der Waals surface area contributed by atoms with Gasteiger partial charge in [0.25, 0.3) is 5.69 Å². The van der Waals surface area contributed by atoms with Crippen molar-refractivity contribution in [3.63, 3.8) is 0 Å². The van der Waals surface area contributed by atoms with Gasteiger partial charge in [-0.3, -0.25) is 14.9 Å². The molecular formula is C17H19BrN2O3S2. The standard InChI is InChI=1S/C8H7BrO.C7H8N2O2.CS2.CH4/c9-6-8(10)7-4-2-1-3-5-7;8-5-6-1-3-7(4-2-6)9(10)11;2-1-3;/h1-5H,6H2;1-4H,5,8H2;;1H4. The van der Waals surface area contributed by atoms with E-state index < -0.39 is 4.92 Å². The Kier molecular flexibility index (Phi) is 15.9. The van der Waals surface area contributed by atoms with E-state index in [1.54, 1.807) is 12.1 Å². The first-order valence-corrected chi connectivity index (χ1v) is 8.50. The fourth-order valence-electron chi connectivity index (χ4n) is 1.45. The van der Waals surface area contributed by atoms with Gasteiger partial charge in [-0.15, -0.1) is 0 Å². The second-order valence-electron chi connectivity index (χ2n) is 4.13. The van der Waals surface area contributed by atoms with Gasteiger partial charge in [-0.2, -0.15) is 0 Å². The Bertz CT molecular complexity index is 674. The van der Waals surface area contributed by atoms with Crippen LogP contribution in [-0.2, 0) is 6.54 Å². The number of non-ortho nitro benzene ring substituents is 1. The summed E-state index contributed by atoms with van der Waals surface area (Å²) < 4.78 is 1.92. The molecule has 25 heavy (non-hydrogen) atoms. The molecule has 2 rings (SSSR count). The summed E-state index contributed by atoms with van der Waals surface area (Å²) in [4.78, 5) is 20.7. The number of nitro benzene ring substituents is 1. The number of nitrogens with zero attached hydrogens (tertiary/aromatic N) is 1. The van der Waals surface area contributed by atoms with E-state index in [9.17, 15) is 14.9 Å². The topological polar surface area (TPSA) is 86.2 Å². The highest BCUT2D eigenvalue weighted by atomic mass is 79.9. The van der Waals surface area contributed by atoms with E-state index in [4.69, 9.17) is 5.73 Å². The number of carbonyl (C=O) groups is 1. The molecule has 0 saturated heterocycles. The van der Waals surface area contributed by atoms with Crippen LogP contribution in [0.15, 0.2) is 54.6 Å². The van der Waals surface area contributed by atoms with Crippen LogP contribution in [0, 0.1) is 10.1 Å². The summed E-state index contributed by atoms with van der Waals surface area (Å²) in [6, 6.07) is 15.4. The van der Waals surface area contributed by atoms with E-state index in [1.165, 1.54) is 12.1 Å². The van der Waals surface area contributed by atoms with Crippen LogP contribution in [0.5, 0.6) is 0 Å². The van der Waals surface area contributed by atoms with Crippen molar-refractivity contribution in [3.8, 4) is 0 Å². The zero-order valence-electron chi connectivity index (χ0n) is 12.6. The Morgan fingerprint density at radius 2 is 1.60 bits per heavy atom. The molecule has 0 spiro atoms. The number of rotatable bonds is 4. The van der Waals surface area contributed by atoms with Gasteiger partial charge in [0, 0.05) is 28.6 Å². The molecule has 0 aliphatic carbocycles. The van der Waals surface area contributed by atoms with Crippen LogP contribution in [-0.4, -0.2) is 20.4 Å². The maximum Gasteiger partial charge on any atom is 0.269 e. The molecule has 0 unspecified atom stereocenters. The van der Waals surface area contributed by atoms with Gasteiger partial charge in [0.05, 0.1) is 10.3 Å². The summed E-state index contributed by atoms with van der Waals surface area (Å²) in [7, 11) is 0. The van der Waals surface area contributed by atoms with E-state index >= 15 is 0 Å². The quantitative estimate of drug-likeness (QED) is 0.236. The van der Waals surface area contributed by atoms with Crippen molar-refractivity contribution in [2.75, 3.05) is 5.33 Å². The molecule has 2 aromatic rings. The van der Waals surface area contributed by atoms with E-state index in [1.807, 2.05) is 34.6 Å². The molecule has 0 radical (unpaired) electrons. The number of alkyl halides is 1. The average Bonchev–Trinajstić information content (AvgIpc) is 2.63. The van der Waals surface area contributed by atoms with Crippen molar-refractivity contribution in [3.05, 3.63) is 75.8 Å². The van der Waals surface area contributed by atoms with Gasteiger partial charge in [-0.1, -0.05) is 65.8 Å². The highest BCUT2D eigenvalue weighted by Crippen LogP contribution is 2.10. The summed E-state index contributed by atoms with van der Waals surface area (Å²) in [6.45, 7) is 0.415. The van der Waals surface area contributed by atoms with Gasteiger partial charge in [0.15, 0.2) is 5.78 Å². The molecule has 0 saturated carbocycles. The summed E-state index contributed by atoms with van der Waals surface area (Å²) in [5.41, 5.74) is 7.07. The molecule has 0 heterocycles. The predicted molar refractivity (Wildman–Crippen MR) is 112 cm³/mol. The summed E-state index contributed by atoms with van der Waals surface area (Å²) in [5, 5.41) is 10.6. The molecule has 0 aliphatic rings. The molecule has 2 aromatic carbocycles. The van der Waals surface area contributed by atoms with Crippen molar-refractivity contribution in [1.82, 2.24) is 0 Å². The second kappa shape index (κ2) is 15.7. The fourth-order valence-corrected chi connectivity index (χ4v) is 1.78. The van der Waals surface area contributed by atoms with Crippen LogP contribution in [0.3, 0.4) is 0 Å². The number of ketones is 1. The smallest absolute Gasteiger partial charge is 0.269 e. The van der Waals surface area contributed by atoms with Gasteiger partial charge in [-0.25, -0.2) is 0 Å².